The largest absolute Gasteiger partial charge is 0.434 e. The number of alkyl halides is 3. The molecule has 4 aromatic heterocycles. The summed E-state index contributed by atoms with van der Waals surface area (Å²) in [6.07, 6.45) is -0.169. The van der Waals surface area contributed by atoms with Gasteiger partial charge in [0.2, 0.25) is 0 Å². The van der Waals surface area contributed by atoms with Crippen LogP contribution in [0.15, 0.2) is 49.1 Å². The highest BCUT2D eigenvalue weighted by atomic mass is 19.4. The number of nitrogens with zero attached hydrogens (tertiary/aromatic N) is 8. The summed E-state index contributed by atoms with van der Waals surface area (Å²) in [6, 6.07) is 7.53. The summed E-state index contributed by atoms with van der Waals surface area (Å²) >= 11 is 0. The maximum Gasteiger partial charge on any atom is 0.434 e. The normalized spacial score (nSPS) is 11.1. The van der Waals surface area contributed by atoms with Crippen molar-refractivity contribution in [1.82, 2.24) is 34.7 Å². The summed E-state index contributed by atoms with van der Waals surface area (Å²) < 4.78 is 42.2. The Hall–Kier alpha value is -4.80. The van der Waals surface area contributed by atoms with Crippen molar-refractivity contribution >= 4 is 17.4 Å². The van der Waals surface area contributed by atoms with Gasteiger partial charge in [0.05, 0.1) is 36.0 Å². The van der Waals surface area contributed by atoms with Crippen LogP contribution in [-0.4, -0.2) is 47.7 Å². The van der Waals surface area contributed by atoms with Gasteiger partial charge < -0.3 is 10.6 Å². The van der Waals surface area contributed by atoms with Crippen LogP contribution in [0.5, 0.6) is 0 Å². The number of nitriles is 1. The Morgan fingerprint density at radius 3 is 2.58 bits per heavy atom. The van der Waals surface area contributed by atoms with E-state index in [0.29, 0.717) is 10.5 Å². The molecule has 33 heavy (non-hydrogen) atoms. The number of carbonyl (C=O) groups is 1. The molecule has 11 nitrogen and oxygen atoms in total. The predicted octanol–water partition coefficient (Wildman–Crippen LogP) is 2.43. The van der Waals surface area contributed by atoms with E-state index in [9.17, 15) is 23.2 Å². The number of rotatable bonds is 5. The SMILES string of the molecule is CNc1cccc(-n2ncc(C(=O)Nc3cnc(-n4nccn4)c(C#N)c3)c2C(F)(F)F)n1. The lowest BCUT2D eigenvalue weighted by molar-refractivity contribution is -0.143. The van der Waals surface area contributed by atoms with Crippen LogP contribution in [0.1, 0.15) is 21.6 Å². The Balaban J connectivity index is 1.69. The van der Waals surface area contributed by atoms with Gasteiger partial charge in [-0.2, -0.15) is 33.7 Å². The van der Waals surface area contributed by atoms with Crippen molar-refractivity contribution in [3.05, 3.63) is 65.9 Å². The first-order valence-electron chi connectivity index (χ1n) is 9.20. The van der Waals surface area contributed by atoms with E-state index in [1.54, 1.807) is 13.1 Å². The van der Waals surface area contributed by atoms with E-state index < -0.39 is 23.3 Å². The van der Waals surface area contributed by atoms with Gasteiger partial charge >= 0.3 is 6.18 Å². The van der Waals surface area contributed by atoms with Crippen LogP contribution in [0.3, 0.4) is 0 Å². The van der Waals surface area contributed by atoms with Gasteiger partial charge in [-0.3, -0.25) is 4.79 Å². The fourth-order valence-electron chi connectivity index (χ4n) is 2.93. The Morgan fingerprint density at radius 2 is 1.91 bits per heavy atom. The summed E-state index contributed by atoms with van der Waals surface area (Å²) in [5, 5.41) is 25.9. The quantitative estimate of drug-likeness (QED) is 0.469. The van der Waals surface area contributed by atoms with Gasteiger partial charge in [-0.15, -0.1) is 4.80 Å². The molecule has 0 aliphatic heterocycles. The Morgan fingerprint density at radius 1 is 1.15 bits per heavy atom. The minimum Gasteiger partial charge on any atom is -0.373 e. The Kier molecular flexibility index (Phi) is 5.44. The first-order valence-corrected chi connectivity index (χ1v) is 9.20. The van der Waals surface area contributed by atoms with Gasteiger partial charge in [0.1, 0.15) is 17.5 Å². The second-order valence-electron chi connectivity index (χ2n) is 6.43. The first kappa shape index (κ1) is 21.4. The average molecular weight is 454 g/mol. The molecule has 4 rings (SSSR count). The number of amides is 1. The molecule has 2 N–H and O–H groups in total. The van der Waals surface area contributed by atoms with Crippen molar-refractivity contribution in [3.8, 4) is 17.7 Å². The second-order valence-corrected chi connectivity index (χ2v) is 6.43. The third-order valence-corrected chi connectivity index (χ3v) is 4.34. The van der Waals surface area contributed by atoms with E-state index in [0.717, 1.165) is 11.0 Å². The number of hydrogen-bond donors (Lipinski definition) is 2. The molecule has 0 unspecified atom stereocenters. The lowest BCUT2D eigenvalue weighted by Gasteiger charge is -2.13. The number of anilines is 2. The number of halogens is 3. The zero-order valence-electron chi connectivity index (χ0n) is 16.7. The van der Waals surface area contributed by atoms with Gasteiger partial charge in [-0.25, -0.2) is 14.6 Å². The van der Waals surface area contributed by atoms with E-state index in [2.05, 4.69) is 35.9 Å². The van der Waals surface area contributed by atoms with Crippen molar-refractivity contribution in [3.63, 3.8) is 0 Å². The molecule has 0 atom stereocenters. The molecule has 4 aromatic rings. The van der Waals surface area contributed by atoms with Crippen LogP contribution in [0.2, 0.25) is 0 Å². The summed E-state index contributed by atoms with van der Waals surface area (Å²) in [5.74, 6) is -0.796. The fraction of sp³-hybridized carbons (Fsp3) is 0.105. The van der Waals surface area contributed by atoms with E-state index in [-0.39, 0.29) is 22.9 Å². The molecule has 166 valence electrons. The molecule has 0 spiro atoms. The van der Waals surface area contributed by atoms with Crippen LogP contribution in [0.25, 0.3) is 11.6 Å². The lowest BCUT2D eigenvalue weighted by Crippen LogP contribution is -2.21. The summed E-state index contributed by atoms with van der Waals surface area (Å²) in [5.41, 5.74) is -2.02. The molecule has 1 amide bonds. The summed E-state index contributed by atoms with van der Waals surface area (Å²) in [4.78, 5) is 21.9. The van der Waals surface area contributed by atoms with E-state index >= 15 is 0 Å². The van der Waals surface area contributed by atoms with Crippen LogP contribution >= 0.6 is 0 Å². The van der Waals surface area contributed by atoms with Crippen LogP contribution in [0, 0.1) is 11.3 Å². The molecular formula is C19H13F3N10O. The highest BCUT2D eigenvalue weighted by Gasteiger charge is 2.41. The van der Waals surface area contributed by atoms with Gasteiger partial charge in [0.25, 0.3) is 5.91 Å². The molecule has 0 saturated carbocycles. The van der Waals surface area contributed by atoms with Crippen LogP contribution < -0.4 is 10.6 Å². The van der Waals surface area contributed by atoms with Crippen molar-refractivity contribution in [2.24, 2.45) is 0 Å². The molecule has 0 aromatic carbocycles. The molecule has 0 radical (unpaired) electrons. The van der Waals surface area contributed by atoms with Gasteiger partial charge in [-0.05, 0) is 18.2 Å². The van der Waals surface area contributed by atoms with Crippen LogP contribution in [-0.2, 0) is 6.18 Å². The maximum atomic E-state index is 13.9. The van der Waals surface area contributed by atoms with Gasteiger partial charge in [0.15, 0.2) is 17.3 Å². The minimum absolute atomic E-state index is 0.00337. The zero-order valence-corrected chi connectivity index (χ0v) is 16.7. The maximum absolute atomic E-state index is 13.9. The standard InChI is InChI=1S/C19H13F3N10O/c1-24-14-3-2-4-15(30-14)31-16(19(20,21)22)13(10-28-31)18(33)29-12-7-11(8-23)17(25-9-12)32-26-5-6-27-32/h2-7,9-10H,1H3,(H,24,30)(H,29,33). The van der Waals surface area contributed by atoms with Crippen LogP contribution in [0.4, 0.5) is 24.7 Å². The summed E-state index contributed by atoms with van der Waals surface area (Å²) in [7, 11) is 1.57. The number of nitrogens with one attached hydrogen (secondary N) is 2. The minimum atomic E-state index is -4.91. The third-order valence-electron chi connectivity index (χ3n) is 4.34. The predicted molar refractivity (Wildman–Crippen MR) is 108 cm³/mol. The van der Waals surface area contributed by atoms with E-state index in [1.807, 2.05) is 6.07 Å². The topological polar surface area (TPSA) is 139 Å². The van der Waals surface area contributed by atoms with E-state index in [4.69, 9.17) is 0 Å². The lowest BCUT2D eigenvalue weighted by atomic mass is 10.2. The number of pyridine rings is 2. The smallest absolute Gasteiger partial charge is 0.373 e. The molecule has 0 bridgehead atoms. The fourth-order valence-corrected chi connectivity index (χ4v) is 2.93. The first-order chi connectivity index (χ1) is 15.8. The molecular weight excluding hydrogens is 441 g/mol. The molecule has 4 heterocycles. The highest BCUT2D eigenvalue weighted by Crippen LogP contribution is 2.34. The molecule has 14 heteroatoms. The molecule has 0 aliphatic rings. The van der Waals surface area contributed by atoms with E-state index in [1.165, 1.54) is 36.8 Å². The van der Waals surface area contributed by atoms with Gasteiger partial charge in [-0.1, -0.05) is 6.07 Å². The van der Waals surface area contributed by atoms with Crippen molar-refractivity contribution in [2.45, 2.75) is 6.18 Å². The Bertz CT molecular complexity index is 1360. The van der Waals surface area contributed by atoms with Crippen molar-refractivity contribution in [2.75, 3.05) is 17.7 Å². The monoisotopic (exact) mass is 454 g/mol. The molecule has 0 aliphatic carbocycles. The van der Waals surface area contributed by atoms with Gasteiger partial charge in [0, 0.05) is 7.05 Å². The molecule has 0 saturated heterocycles. The Labute approximate surface area is 183 Å². The van der Waals surface area contributed by atoms with Crippen molar-refractivity contribution in [1.29, 1.82) is 5.26 Å². The number of carbonyl (C=O) groups excluding carboxylic acids is 1. The highest BCUT2D eigenvalue weighted by molar-refractivity contribution is 6.05. The third kappa shape index (κ3) is 4.19. The number of hydrogen-bond acceptors (Lipinski definition) is 8. The average Bonchev–Trinajstić information content (AvgIpc) is 3.49. The second kappa shape index (κ2) is 8.38. The number of aromatic nitrogens is 7. The summed E-state index contributed by atoms with van der Waals surface area (Å²) in [6.45, 7) is 0. The zero-order chi connectivity index (χ0) is 23.6. The molecule has 0 fully saturated rings. The van der Waals surface area contributed by atoms with Crippen molar-refractivity contribution < 1.29 is 18.0 Å².